The molecule has 1 aliphatic heterocycles. The summed E-state index contributed by atoms with van der Waals surface area (Å²) < 4.78 is 6.86. The Morgan fingerprint density at radius 2 is 1.79 bits per heavy atom. The lowest BCUT2D eigenvalue weighted by molar-refractivity contribution is -0.123. The molecule has 1 fully saturated rings. The number of ether oxygens (including phenoxy) is 1. The van der Waals surface area contributed by atoms with E-state index in [1.807, 2.05) is 42.7 Å². The molecule has 1 saturated heterocycles. The molecule has 1 aliphatic rings. The van der Waals surface area contributed by atoms with Gasteiger partial charge in [-0.15, -0.1) is 0 Å². The number of methoxy groups -OCH3 is 1. The van der Waals surface area contributed by atoms with E-state index in [1.165, 1.54) is 12.0 Å². The fraction of sp³-hybridized carbons (Fsp3) is 0.160. The first-order valence-electron chi connectivity index (χ1n) is 10.2. The van der Waals surface area contributed by atoms with Gasteiger partial charge in [-0.2, -0.15) is 0 Å². The van der Waals surface area contributed by atoms with Gasteiger partial charge in [0.15, 0.2) is 0 Å². The number of hydrogen-bond acceptors (Lipinski definition) is 5. The molecule has 6 nitrogen and oxygen atoms in total. The number of carbonyl (C=O) groups excluding carboxylic acids is 3. The lowest BCUT2D eigenvalue weighted by Gasteiger charge is -2.14. The summed E-state index contributed by atoms with van der Waals surface area (Å²) >= 11 is 7.11. The van der Waals surface area contributed by atoms with Gasteiger partial charge in [0, 0.05) is 16.4 Å². The summed E-state index contributed by atoms with van der Waals surface area (Å²) in [7, 11) is 1.35. The van der Waals surface area contributed by atoms with Gasteiger partial charge in [-0.3, -0.25) is 14.5 Å². The van der Waals surface area contributed by atoms with E-state index in [4.69, 9.17) is 16.3 Å². The fourth-order valence-corrected chi connectivity index (χ4v) is 4.85. The normalized spacial score (nSPS) is 14.9. The third-order valence-electron chi connectivity index (χ3n) is 5.47. The molecule has 0 N–H and O–H groups in total. The SMILES string of the molecule is COC(=O)c1ccccc1-n1c(C)cc(/C=C2\SC(=O)N(Cc3ccccc3Cl)C2=O)c1C. The average Bonchev–Trinajstić information content (AvgIpc) is 3.23. The highest BCUT2D eigenvalue weighted by atomic mass is 35.5. The number of thioether (sulfide) groups is 1. The van der Waals surface area contributed by atoms with Crippen molar-refractivity contribution in [2.75, 3.05) is 7.11 Å². The van der Waals surface area contributed by atoms with Crippen LogP contribution in [0.2, 0.25) is 5.02 Å². The quantitative estimate of drug-likeness (QED) is 0.342. The maximum Gasteiger partial charge on any atom is 0.339 e. The van der Waals surface area contributed by atoms with Gasteiger partial charge in [0.2, 0.25) is 0 Å². The van der Waals surface area contributed by atoms with Crippen LogP contribution in [0.1, 0.15) is 32.9 Å². The molecule has 0 bridgehead atoms. The minimum Gasteiger partial charge on any atom is -0.465 e. The first kappa shape index (κ1) is 22.9. The van der Waals surface area contributed by atoms with E-state index in [2.05, 4.69) is 0 Å². The number of halogens is 1. The molecule has 3 aromatic rings. The molecule has 168 valence electrons. The Bertz CT molecular complexity index is 1310. The van der Waals surface area contributed by atoms with Crippen LogP contribution in [0.5, 0.6) is 0 Å². The van der Waals surface area contributed by atoms with Crippen molar-refractivity contribution in [2.24, 2.45) is 0 Å². The van der Waals surface area contributed by atoms with Crippen molar-refractivity contribution in [3.8, 4) is 5.69 Å². The summed E-state index contributed by atoms with van der Waals surface area (Å²) in [6.07, 6.45) is 1.72. The Hall–Kier alpha value is -3.29. The zero-order valence-corrected chi connectivity index (χ0v) is 19.9. The molecular weight excluding hydrogens is 460 g/mol. The van der Waals surface area contributed by atoms with E-state index in [-0.39, 0.29) is 17.7 Å². The highest BCUT2D eigenvalue weighted by molar-refractivity contribution is 8.18. The molecule has 2 aromatic carbocycles. The molecule has 0 atom stereocenters. The van der Waals surface area contributed by atoms with Gasteiger partial charge >= 0.3 is 5.97 Å². The number of para-hydroxylation sites is 1. The van der Waals surface area contributed by atoms with E-state index in [1.54, 1.807) is 36.4 Å². The molecular formula is C25H21ClN2O4S. The van der Waals surface area contributed by atoms with Gasteiger partial charge < -0.3 is 9.30 Å². The Morgan fingerprint density at radius 1 is 1.09 bits per heavy atom. The summed E-state index contributed by atoms with van der Waals surface area (Å²) in [5.41, 5.74) is 4.34. The molecule has 8 heteroatoms. The van der Waals surface area contributed by atoms with Gasteiger partial charge in [0.05, 0.1) is 29.8 Å². The van der Waals surface area contributed by atoms with Crippen molar-refractivity contribution in [1.82, 2.24) is 9.47 Å². The molecule has 2 heterocycles. The van der Waals surface area contributed by atoms with Crippen LogP contribution >= 0.6 is 23.4 Å². The zero-order chi connectivity index (χ0) is 23.7. The second-order valence-electron chi connectivity index (χ2n) is 7.53. The maximum absolute atomic E-state index is 13.0. The van der Waals surface area contributed by atoms with Gasteiger partial charge in [-0.25, -0.2) is 4.79 Å². The molecule has 33 heavy (non-hydrogen) atoms. The third kappa shape index (κ3) is 4.34. The zero-order valence-electron chi connectivity index (χ0n) is 18.3. The number of carbonyl (C=O) groups is 3. The number of aromatic nitrogens is 1. The lowest BCUT2D eigenvalue weighted by atomic mass is 10.1. The predicted octanol–water partition coefficient (Wildman–Crippen LogP) is 5.77. The number of imide groups is 1. The molecule has 2 amide bonds. The number of rotatable bonds is 5. The van der Waals surface area contributed by atoms with Crippen LogP contribution in [0.15, 0.2) is 59.5 Å². The van der Waals surface area contributed by atoms with E-state index >= 15 is 0 Å². The topological polar surface area (TPSA) is 68.6 Å². The monoisotopic (exact) mass is 480 g/mol. The Morgan fingerprint density at radius 3 is 2.52 bits per heavy atom. The lowest BCUT2D eigenvalue weighted by Crippen LogP contribution is -2.27. The molecule has 1 aromatic heterocycles. The number of esters is 1. The third-order valence-corrected chi connectivity index (χ3v) is 6.74. The van der Waals surface area contributed by atoms with E-state index in [0.717, 1.165) is 28.7 Å². The maximum atomic E-state index is 13.0. The summed E-state index contributed by atoms with van der Waals surface area (Å²) in [5, 5.41) is 0.171. The van der Waals surface area contributed by atoms with E-state index < -0.39 is 5.97 Å². The van der Waals surface area contributed by atoms with Crippen molar-refractivity contribution in [3.05, 3.63) is 92.6 Å². The number of hydrogen-bond donors (Lipinski definition) is 0. The average molecular weight is 481 g/mol. The number of nitrogens with zero attached hydrogens (tertiary/aromatic N) is 2. The first-order valence-corrected chi connectivity index (χ1v) is 11.4. The fourth-order valence-electron chi connectivity index (χ4n) is 3.83. The first-order chi connectivity index (χ1) is 15.8. The minimum atomic E-state index is -0.430. The smallest absolute Gasteiger partial charge is 0.339 e. The van der Waals surface area contributed by atoms with Crippen LogP contribution in [-0.4, -0.2) is 33.7 Å². The second-order valence-corrected chi connectivity index (χ2v) is 8.93. The predicted molar refractivity (Wildman–Crippen MR) is 130 cm³/mol. The Labute approximate surface area is 200 Å². The van der Waals surface area contributed by atoms with Crippen LogP contribution in [0.4, 0.5) is 4.79 Å². The second kappa shape index (κ2) is 9.29. The molecule has 0 aliphatic carbocycles. The molecule has 0 saturated carbocycles. The summed E-state index contributed by atoms with van der Waals surface area (Å²) in [6, 6.07) is 16.2. The number of benzene rings is 2. The molecule has 4 rings (SSSR count). The van der Waals surface area contributed by atoms with Crippen LogP contribution in [0.3, 0.4) is 0 Å². The van der Waals surface area contributed by atoms with Crippen LogP contribution in [0.25, 0.3) is 11.8 Å². The Kier molecular flexibility index (Phi) is 6.44. The molecule has 0 unspecified atom stereocenters. The molecule has 0 radical (unpaired) electrons. The van der Waals surface area contributed by atoms with E-state index in [0.29, 0.717) is 26.7 Å². The van der Waals surface area contributed by atoms with Crippen molar-refractivity contribution in [1.29, 1.82) is 0 Å². The van der Waals surface area contributed by atoms with Gasteiger partial charge in [-0.1, -0.05) is 41.9 Å². The Balaban J connectivity index is 1.68. The van der Waals surface area contributed by atoms with Crippen LogP contribution in [0, 0.1) is 13.8 Å². The highest BCUT2D eigenvalue weighted by Crippen LogP contribution is 2.35. The van der Waals surface area contributed by atoms with Crippen molar-refractivity contribution in [3.63, 3.8) is 0 Å². The van der Waals surface area contributed by atoms with Gasteiger partial charge in [0.25, 0.3) is 11.1 Å². The summed E-state index contributed by atoms with van der Waals surface area (Å²) in [6.45, 7) is 3.94. The van der Waals surface area contributed by atoms with Crippen LogP contribution < -0.4 is 0 Å². The van der Waals surface area contributed by atoms with Gasteiger partial charge in [0.1, 0.15) is 0 Å². The van der Waals surface area contributed by atoms with Crippen molar-refractivity contribution >= 4 is 46.6 Å². The molecule has 0 spiro atoms. The number of aryl methyl sites for hydroxylation is 1. The van der Waals surface area contributed by atoms with Crippen molar-refractivity contribution in [2.45, 2.75) is 20.4 Å². The van der Waals surface area contributed by atoms with Gasteiger partial charge in [-0.05, 0) is 67.1 Å². The number of amides is 2. The van der Waals surface area contributed by atoms with E-state index in [9.17, 15) is 14.4 Å². The largest absolute Gasteiger partial charge is 0.465 e. The minimum absolute atomic E-state index is 0.118. The summed E-state index contributed by atoms with van der Waals surface area (Å²) in [4.78, 5) is 39.4. The standard InChI is InChI=1S/C25H21ClN2O4S/c1-15-12-18(16(2)28(15)21-11-7-5-9-19(21)24(30)32-3)13-22-23(29)27(25(31)33-22)14-17-8-4-6-10-20(17)26/h4-13H,14H2,1-3H3/b22-13-. The summed E-state index contributed by atoms with van der Waals surface area (Å²) in [5.74, 6) is -0.787. The highest BCUT2D eigenvalue weighted by Gasteiger charge is 2.35. The van der Waals surface area contributed by atoms with Crippen molar-refractivity contribution < 1.29 is 19.1 Å². The van der Waals surface area contributed by atoms with Crippen LogP contribution in [-0.2, 0) is 16.1 Å².